The molecule has 0 aliphatic heterocycles. The molecule has 0 aliphatic rings. The molecule has 1 rings (SSSR count). The second kappa shape index (κ2) is 8.56. The first-order valence-electron chi connectivity index (χ1n) is 6.90. The van der Waals surface area contributed by atoms with Gasteiger partial charge in [-0.05, 0) is 37.6 Å². The maximum absolute atomic E-state index is 11.8. The maximum Gasteiger partial charge on any atom is 0.251 e. The zero-order chi connectivity index (χ0) is 13.2. The van der Waals surface area contributed by atoms with Crippen LogP contribution in [-0.2, 0) is 0 Å². The summed E-state index contributed by atoms with van der Waals surface area (Å²) in [4.78, 5) is 11.8. The molecule has 100 valence electrons. The average molecular weight is 248 g/mol. The van der Waals surface area contributed by atoms with Gasteiger partial charge in [0.25, 0.3) is 5.91 Å². The molecule has 0 fully saturated rings. The van der Waals surface area contributed by atoms with Crippen molar-refractivity contribution in [3.8, 4) is 0 Å². The molecule has 0 bridgehead atoms. The van der Waals surface area contributed by atoms with Crippen LogP contribution in [0, 0.1) is 0 Å². The fourth-order valence-electron chi connectivity index (χ4n) is 1.80. The summed E-state index contributed by atoms with van der Waals surface area (Å²) in [7, 11) is 0. The fraction of sp³-hybridized carbons (Fsp3) is 0.533. The van der Waals surface area contributed by atoms with Crippen LogP contribution in [0.5, 0.6) is 0 Å². The van der Waals surface area contributed by atoms with E-state index < -0.39 is 0 Å². The van der Waals surface area contributed by atoms with Gasteiger partial charge in [0, 0.05) is 24.3 Å². The van der Waals surface area contributed by atoms with Crippen molar-refractivity contribution in [3.05, 3.63) is 29.8 Å². The van der Waals surface area contributed by atoms with E-state index in [1.54, 1.807) is 0 Å². The minimum absolute atomic E-state index is 0.0227. The van der Waals surface area contributed by atoms with Crippen molar-refractivity contribution >= 4 is 11.6 Å². The molecule has 0 radical (unpaired) electrons. The van der Waals surface area contributed by atoms with E-state index in [9.17, 15) is 4.79 Å². The standard InChI is InChI=1S/C15H24N2O/c1-3-5-6-7-12-17-15(18)13-8-10-14(11-9-13)16-4-2/h8-11,16H,3-7,12H2,1-2H3,(H,17,18). The van der Waals surface area contributed by atoms with Crippen molar-refractivity contribution in [2.24, 2.45) is 0 Å². The van der Waals surface area contributed by atoms with Crippen LogP contribution < -0.4 is 10.6 Å². The Morgan fingerprint density at radius 2 is 1.78 bits per heavy atom. The molecule has 0 aliphatic carbocycles. The van der Waals surface area contributed by atoms with Gasteiger partial charge in [0.05, 0.1) is 0 Å². The molecule has 1 aromatic rings. The van der Waals surface area contributed by atoms with Gasteiger partial charge in [0.15, 0.2) is 0 Å². The summed E-state index contributed by atoms with van der Waals surface area (Å²) in [6.45, 7) is 5.90. The highest BCUT2D eigenvalue weighted by molar-refractivity contribution is 5.94. The second-order valence-electron chi connectivity index (χ2n) is 4.42. The fourth-order valence-corrected chi connectivity index (χ4v) is 1.80. The summed E-state index contributed by atoms with van der Waals surface area (Å²) < 4.78 is 0. The van der Waals surface area contributed by atoms with Crippen molar-refractivity contribution in [2.45, 2.75) is 39.5 Å². The number of nitrogens with one attached hydrogen (secondary N) is 2. The van der Waals surface area contributed by atoms with E-state index in [1.165, 1.54) is 19.3 Å². The molecule has 2 N–H and O–H groups in total. The van der Waals surface area contributed by atoms with Gasteiger partial charge in [0.1, 0.15) is 0 Å². The Balaban J connectivity index is 2.32. The van der Waals surface area contributed by atoms with E-state index in [0.29, 0.717) is 0 Å². The van der Waals surface area contributed by atoms with Crippen LogP contribution in [0.1, 0.15) is 49.9 Å². The van der Waals surface area contributed by atoms with Gasteiger partial charge in [0.2, 0.25) is 0 Å². The van der Waals surface area contributed by atoms with Gasteiger partial charge in [-0.3, -0.25) is 4.79 Å². The van der Waals surface area contributed by atoms with E-state index in [4.69, 9.17) is 0 Å². The first-order valence-corrected chi connectivity index (χ1v) is 6.90. The minimum atomic E-state index is 0.0227. The lowest BCUT2D eigenvalue weighted by atomic mass is 10.1. The Hall–Kier alpha value is -1.51. The number of unbranched alkanes of at least 4 members (excludes halogenated alkanes) is 3. The Kier molecular flexibility index (Phi) is 6.92. The van der Waals surface area contributed by atoms with Crippen molar-refractivity contribution in [1.29, 1.82) is 0 Å². The van der Waals surface area contributed by atoms with Crippen molar-refractivity contribution < 1.29 is 4.79 Å². The summed E-state index contributed by atoms with van der Waals surface area (Å²) in [5, 5.41) is 6.16. The number of anilines is 1. The molecule has 0 saturated carbocycles. The van der Waals surface area contributed by atoms with Crippen molar-refractivity contribution in [1.82, 2.24) is 5.32 Å². The molecular formula is C15H24N2O. The Morgan fingerprint density at radius 1 is 1.06 bits per heavy atom. The zero-order valence-corrected chi connectivity index (χ0v) is 11.5. The SMILES string of the molecule is CCCCCCNC(=O)c1ccc(NCC)cc1. The van der Waals surface area contributed by atoms with Crippen LogP contribution in [-0.4, -0.2) is 19.0 Å². The third-order valence-corrected chi connectivity index (χ3v) is 2.84. The molecule has 18 heavy (non-hydrogen) atoms. The van der Waals surface area contributed by atoms with Gasteiger partial charge in [-0.1, -0.05) is 26.2 Å². The van der Waals surface area contributed by atoms with Crippen LogP contribution >= 0.6 is 0 Å². The highest BCUT2D eigenvalue weighted by Gasteiger charge is 2.03. The van der Waals surface area contributed by atoms with Crippen LogP contribution in [0.3, 0.4) is 0 Å². The Labute approximate surface area is 110 Å². The summed E-state index contributed by atoms with van der Waals surface area (Å²) >= 11 is 0. The number of carbonyl (C=O) groups excluding carboxylic acids is 1. The van der Waals surface area contributed by atoms with Crippen LogP contribution in [0.25, 0.3) is 0 Å². The van der Waals surface area contributed by atoms with E-state index in [0.717, 1.165) is 30.8 Å². The molecule has 0 heterocycles. The molecule has 1 amide bonds. The lowest BCUT2D eigenvalue weighted by Gasteiger charge is -2.06. The normalized spacial score (nSPS) is 10.1. The van der Waals surface area contributed by atoms with Gasteiger partial charge in [-0.25, -0.2) is 0 Å². The summed E-state index contributed by atoms with van der Waals surface area (Å²) in [5.41, 5.74) is 1.78. The van der Waals surface area contributed by atoms with Crippen LogP contribution in [0.4, 0.5) is 5.69 Å². The molecule has 3 nitrogen and oxygen atoms in total. The third-order valence-electron chi connectivity index (χ3n) is 2.84. The lowest BCUT2D eigenvalue weighted by Crippen LogP contribution is -2.24. The van der Waals surface area contributed by atoms with Crippen molar-refractivity contribution in [3.63, 3.8) is 0 Å². The summed E-state index contributed by atoms with van der Waals surface area (Å²) in [5.74, 6) is 0.0227. The molecule has 1 aromatic carbocycles. The summed E-state index contributed by atoms with van der Waals surface area (Å²) in [6, 6.07) is 7.60. The van der Waals surface area contributed by atoms with E-state index >= 15 is 0 Å². The Morgan fingerprint density at radius 3 is 2.39 bits per heavy atom. The monoisotopic (exact) mass is 248 g/mol. The zero-order valence-electron chi connectivity index (χ0n) is 11.5. The molecular weight excluding hydrogens is 224 g/mol. The molecule has 0 atom stereocenters. The van der Waals surface area contributed by atoms with Gasteiger partial charge in [-0.2, -0.15) is 0 Å². The molecule has 0 spiro atoms. The second-order valence-corrected chi connectivity index (χ2v) is 4.42. The highest BCUT2D eigenvalue weighted by atomic mass is 16.1. The van der Waals surface area contributed by atoms with Crippen molar-refractivity contribution in [2.75, 3.05) is 18.4 Å². The average Bonchev–Trinajstić information content (AvgIpc) is 2.39. The topological polar surface area (TPSA) is 41.1 Å². The number of rotatable bonds is 8. The molecule has 0 aromatic heterocycles. The molecule has 3 heteroatoms. The summed E-state index contributed by atoms with van der Waals surface area (Å²) in [6.07, 6.45) is 4.72. The van der Waals surface area contributed by atoms with E-state index in [1.807, 2.05) is 24.3 Å². The molecule has 0 unspecified atom stereocenters. The number of carbonyl (C=O) groups is 1. The number of amides is 1. The largest absolute Gasteiger partial charge is 0.385 e. The van der Waals surface area contributed by atoms with Crippen LogP contribution in [0.2, 0.25) is 0 Å². The number of hydrogen-bond acceptors (Lipinski definition) is 2. The van der Waals surface area contributed by atoms with Gasteiger partial charge in [-0.15, -0.1) is 0 Å². The molecule has 0 saturated heterocycles. The maximum atomic E-state index is 11.8. The van der Waals surface area contributed by atoms with Gasteiger partial charge < -0.3 is 10.6 Å². The lowest BCUT2D eigenvalue weighted by molar-refractivity contribution is 0.0953. The van der Waals surface area contributed by atoms with E-state index in [-0.39, 0.29) is 5.91 Å². The number of benzene rings is 1. The van der Waals surface area contributed by atoms with Gasteiger partial charge >= 0.3 is 0 Å². The van der Waals surface area contributed by atoms with Crippen LogP contribution in [0.15, 0.2) is 24.3 Å². The minimum Gasteiger partial charge on any atom is -0.385 e. The quantitative estimate of drug-likeness (QED) is 0.692. The third kappa shape index (κ3) is 5.21. The predicted octanol–water partition coefficient (Wildman–Crippen LogP) is 3.43. The highest BCUT2D eigenvalue weighted by Crippen LogP contribution is 2.09. The first kappa shape index (κ1) is 14.6. The smallest absolute Gasteiger partial charge is 0.251 e. The predicted molar refractivity (Wildman–Crippen MR) is 77.1 cm³/mol. The van der Waals surface area contributed by atoms with E-state index in [2.05, 4.69) is 24.5 Å². The Bertz CT molecular complexity index is 346. The first-order chi connectivity index (χ1) is 8.77. The number of hydrogen-bond donors (Lipinski definition) is 2.